The third-order valence-corrected chi connectivity index (χ3v) is 3.34. The molecule has 0 unspecified atom stereocenters. The first-order valence-corrected chi connectivity index (χ1v) is 5.90. The molecule has 0 fully saturated rings. The van der Waals surface area contributed by atoms with Crippen molar-refractivity contribution in [2.24, 2.45) is 7.05 Å². The highest BCUT2D eigenvalue weighted by molar-refractivity contribution is 5.88. The van der Waals surface area contributed by atoms with Gasteiger partial charge in [-0.1, -0.05) is 6.08 Å². The molecule has 0 spiro atoms. The topological polar surface area (TPSA) is 42.2 Å². The highest BCUT2D eigenvalue weighted by Gasteiger charge is 2.13. The van der Waals surface area contributed by atoms with Crippen molar-refractivity contribution in [3.8, 4) is 5.75 Å². The van der Waals surface area contributed by atoms with Crippen molar-refractivity contribution in [1.82, 2.24) is 4.57 Å². The van der Waals surface area contributed by atoms with Crippen LogP contribution in [0.5, 0.6) is 5.75 Å². The van der Waals surface area contributed by atoms with E-state index in [1.807, 2.05) is 19.9 Å². The number of hydrogen-bond donors (Lipinski definition) is 1. The van der Waals surface area contributed by atoms with Gasteiger partial charge in [0, 0.05) is 24.1 Å². The number of phenolic OH excluding ortho intramolecular Hbond substituents is 1. The van der Waals surface area contributed by atoms with E-state index < -0.39 is 0 Å². The Balaban J connectivity index is 3.07. The lowest BCUT2D eigenvalue weighted by Crippen LogP contribution is -2.17. The minimum absolute atomic E-state index is 0.0615. The third-order valence-electron chi connectivity index (χ3n) is 3.34. The Kier molecular flexibility index (Phi) is 2.99. The van der Waals surface area contributed by atoms with Crippen molar-refractivity contribution in [2.75, 3.05) is 0 Å². The molecule has 0 aliphatic heterocycles. The fourth-order valence-corrected chi connectivity index (χ4v) is 2.36. The van der Waals surface area contributed by atoms with Gasteiger partial charge in [-0.25, -0.2) is 0 Å². The molecule has 1 aromatic heterocycles. The number of rotatable bonds is 2. The van der Waals surface area contributed by atoms with Gasteiger partial charge in [-0.15, -0.1) is 6.58 Å². The lowest BCUT2D eigenvalue weighted by molar-refractivity contribution is 0.466. The maximum Gasteiger partial charge on any atom is 0.251 e. The van der Waals surface area contributed by atoms with Crippen molar-refractivity contribution in [3.05, 3.63) is 51.8 Å². The third kappa shape index (κ3) is 1.72. The molecule has 0 atom stereocenters. The number of fused-ring (bicyclic) bond motifs is 1. The van der Waals surface area contributed by atoms with Gasteiger partial charge in [0.2, 0.25) is 0 Å². The first kappa shape index (κ1) is 12.4. The summed E-state index contributed by atoms with van der Waals surface area (Å²) < 4.78 is 1.58. The number of aryl methyl sites for hydroxylation is 3. The normalized spacial score (nSPS) is 10.8. The quantitative estimate of drug-likeness (QED) is 0.824. The molecule has 0 saturated carbocycles. The van der Waals surface area contributed by atoms with E-state index in [0.717, 1.165) is 27.6 Å². The molecule has 2 aromatic rings. The lowest BCUT2D eigenvalue weighted by Gasteiger charge is -2.15. The number of pyridine rings is 1. The highest BCUT2D eigenvalue weighted by atomic mass is 16.3. The lowest BCUT2D eigenvalue weighted by atomic mass is 9.99. The molecule has 3 heteroatoms. The first-order chi connectivity index (χ1) is 8.47. The highest BCUT2D eigenvalue weighted by Crippen LogP contribution is 2.31. The Bertz CT molecular complexity index is 696. The molecule has 0 aliphatic carbocycles. The molecule has 3 nitrogen and oxygen atoms in total. The van der Waals surface area contributed by atoms with Crippen LogP contribution in [0.3, 0.4) is 0 Å². The van der Waals surface area contributed by atoms with E-state index in [1.165, 1.54) is 0 Å². The smallest absolute Gasteiger partial charge is 0.251 e. The standard InChI is InChI=1S/C15H17NO2/c1-5-6-11-14-12(7-10(3)15(11)18)9(2)8-13(17)16(14)4/h5,7-8,18H,1,6H2,2-4H3. The molecule has 0 radical (unpaired) electrons. The molecule has 94 valence electrons. The van der Waals surface area contributed by atoms with Gasteiger partial charge in [0.25, 0.3) is 5.56 Å². The van der Waals surface area contributed by atoms with Crippen molar-refractivity contribution in [1.29, 1.82) is 0 Å². The molecular formula is C15H17NO2. The molecule has 1 heterocycles. The van der Waals surface area contributed by atoms with Gasteiger partial charge < -0.3 is 9.67 Å². The average Bonchev–Trinajstić information content (AvgIpc) is 2.32. The van der Waals surface area contributed by atoms with Gasteiger partial charge in [0.05, 0.1) is 5.52 Å². The van der Waals surface area contributed by atoms with E-state index in [0.29, 0.717) is 6.42 Å². The molecular weight excluding hydrogens is 226 g/mol. The number of nitrogens with zero attached hydrogens (tertiary/aromatic N) is 1. The summed E-state index contributed by atoms with van der Waals surface area (Å²) in [6, 6.07) is 3.54. The molecule has 2 rings (SSSR count). The summed E-state index contributed by atoms with van der Waals surface area (Å²) in [6.45, 7) is 7.49. The van der Waals surface area contributed by atoms with E-state index in [-0.39, 0.29) is 11.3 Å². The summed E-state index contributed by atoms with van der Waals surface area (Å²) >= 11 is 0. The van der Waals surface area contributed by atoms with Crippen LogP contribution in [0.1, 0.15) is 16.7 Å². The Labute approximate surface area is 106 Å². The number of aromatic hydroxyl groups is 1. The van der Waals surface area contributed by atoms with Gasteiger partial charge in [0.15, 0.2) is 0 Å². The van der Waals surface area contributed by atoms with Crippen LogP contribution < -0.4 is 5.56 Å². The fourth-order valence-electron chi connectivity index (χ4n) is 2.36. The van der Waals surface area contributed by atoms with Gasteiger partial charge >= 0.3 is 0 Å². The van der Waals surface area contributed by atoms with E-state index in [1.54, 1.807) is 23.8 Å². The van der Waals surface area contributed by atoms with E-state index in [9.17, 15) is 9.90 Å². The van der Waals surface area contributed by atoms with Crippen molar-refractivity contribution in [3.63, 3.8) is 0 Å². The Hall–Kier alpha value is -2.03. The zero-order valence-corrected chi connectivity index (χ0v) is 10.9. The zero-order chi connectivity index (χ0) is 13.4. The van der Waals surface area contributed by atoms with Crippen LogP contribution in [0.4, 0.5) is 0 Å². The monoisotopic (exact) mass is 243 g/mol. The number of phenols is 1. The maximum atomic E-state index is 11.9. The number of aromatic nitrogens is 1. The molecule has 1 aromatic carbocycles. The van der Waals surface area contributed by atoms with Crippen LogP contribution in [0.2, 0.25) is 0 Å². The van der Waals surface area contributed by atoms with Crippen molar-refractivity contribution >= 4 is 10.9 Å². The molecule has 0 bridgehead atoms. The molecule has 0 aliphatic rings. The van der Waals surface area contributed by atoms with Crippen LogP contribution in [0.15, 0.2) is 29.6 Å². The Morgan fingerprint density at radius 1 is 1.33 bits per heavy atom. The van der Waals surface area contributed by atoms with Crippen LogP contribution in [0, 0.1) is 13.8 Å². The summed E-state index contributed by atoms with van der Waals surface area (Å²) in [5, 5.41) is 11.2. The summed E-state index contributed by atoms with van der Waals surface area (Å²) in [6.07, 6.45) is 2.28. The predicted molar refractivity (Wildman–Crippen MR) is 74.2 cm³/mol. The first-order valence-electron chi connectivity index (χ1n) is 5.90. The fraction of sp³-hybridized carbons (Fsp3) is 0.267. The second-order valence-electron chi connectivity index (χ2n) is 4.63. The molecule has 1 N–H and O–H groups in total. The summed E-state index contributed by atoms with van der Waals surface area (Å²) in [5.41, 5.74) is 3.25. The average molecular weight is 243 g/mol. The second-order valence-corrected chi connectivity index (χ2v) is 4.63. The van der Waals surface area contributed by atoms with Crippen LogP contribution >= 0.6 is 0 Å². The van der Waals surface area contributed by atoms with Crippen LogP contribution in [-0.2, 0) is 13.5 Å². The second kappa shape index (κ2) is 4.33. The summed E-state index contributed by atoms with van der Waals surface area (Å²) in [4.78, 5) is 11.9. The largest absolute Gasteiger partial charge is 0.507 e. The van der Waals surface area contributed by atoms with Gasteiger partial charge in [-0.3, -0.25) is 4.79 Å². The van der Waals surface area contributed by atoms with E-state index in [2.05, 4.69) is 6.58 Å². The predicted octanol–water partition coefficient (Wildman–Crippen LogP) is 2.59. The minimum atomic E-state index is -0.0615. The van der Waals surface area contributed by atoms with Crippen molar-refractivity contribution in [2.45, 2.75) is 20.3 Å². The minimum Gasteiger partial charge on any atom is -0.507 e. The number of allylic oxidation sites excluding steroid dienone is 1. The van der Waals surface area contributed by atoms with Crippen molar-refractivity contribution < 1.29 is 5.11 Å². The maximum absolute atomic E-state index is 11.9. The summed E-state index contributed by atoms with van der Waals surface area (Å²) in [5.74, 6) is 0.253. The van der Waals surface area contributed by atoms with Crippen LogP contribution in [-0.4, -0.2) is 9.67 Å². The van der Waals surface area contributed by atoms with E-state index >= 15 is 0 Å². The Morgan fingerprint density at radius 3 is 2.61 bits per heavy atom. The van der Waals surface area contributed by atoms with Crippen LogP contribution in [0.25, 0.3) is 10.9 Å². The zero-order valence-electron chi connectivity index (χ0n) is 10.9. The van der Waals surface area contributed by atoms with E-state index in [4.69, 9.17) is 0 Å². The Morgan fingerprint density at radius 2 is 2.00 bits per heavy atom. The number of benzene rings is 1. The summed E-state index contributed by atoms with van der Waals surface area (Å²) in [7, 11) is 1.73. The molecule has 0 saturated heterocycles. The SMILES string of the molecule is C=CCc1c(O)c(C)cc2c(C)cc(=O)n(C)c12. The molecule has 18 heavy (non-hydrogen) atoms. The van der Waals surface area contributed by atoms with Gasteiger partial charge in [-0.2, -0.15) is 0 Å². The van der Waals surface area contributed by atoms with Gasteiger partial charge in [-0.05, 0) is 37.5 Å². The number of hydrogen-bond acceptors (Lipinski definition) is 2. The van der Waals surface area contributed by atoms with Gasteiger partial charge in [0.1, 0.15) is 5.75 Å². The molecule has 0 amide bonds.